The fourth-order valence-electron chi connectivity index (χ4n) is 3.93. The van der Waals surface area contributed by atoms with Gasteiger partial charge in [-0.2, -0.15) is 0 Å². The van der Waals surface area contributed by atoms with Crippen LogP contribution in [0.2, 0.25) is 0 Å². The van der Waals surface area contributed by atoms with E-state index in [0.717, 1.165) is 16.7 Å². The van der Waals surface area contributed by atoms with Crippen LogP contribution < -0.4 is 14.4 Å². The smallest absolute Gasteiger partial charge is 0.242 e. The van der Waals surface area contributed by atoms with Gasteiger partial charge in [-0.3, -0.25) is 13.9 Å². The quantitative estimate of drug-likeness (QED) is 0.421. The van der Waals surface area contributed by atoms with Crippen molar-refractivity contribution in [1.29, 1.82) is 0 Å². The van der Waals surface area contributed by atoms with Crippen LogP contribution >= 0.6 is 0 Å². The van der Waals surface area contributed by atoms with Crippen LogP contribution in [0.25, 0.3) is 0 Å². The molecule has 204 valence electrons. The number of hydrogen-bond acceptors (Lipinski definition) is 5. The highest BCUT2D eigenvalue weighted by Gasteiger charge is 2.27. The Morgan fingerprint density at radius 1 is 1.03 bits per heavy atom. The summed E-state index contributed by atoms with van der Waals surface area (Å²) in [6, 6.07) is 12.3. The first-order chi connectivity index (χ1) is 17.3. The van der Waals surface area contributed by atoms with Gasteiger partial charge in [-0.25, -0.2) is 8.42 Å². The molecule has 0 spiro atoms. The normalized spacial score (nSPS) is 12.2. The summed E-state index contributed by atoms with van der Waals surface area (Å²) in [5.74, 6) is 0.562. The van der Waals surface area contributed by atoms with E-state index in [0.29, 0.717) is 24.4 Å². The lowest BCUT2D eigenvalue weighted by Crippen LogP contribution is -2.48. The van der Waals surface area contributed by atoms with Gasteiger partial charge in [0.1, 0.15) is 11.8 Å². The summed E-state index contributed by atoms with van der Waals surface area (Å²) in [5, 5.41) is 2.91. The highest BCUT2D eigenvalue weighted by atomic mass is 32.2. The Morgan fingerprint density at radius 2 is 1.68 bits per heavy atom. The summed E-state index contributed by atoms with van der Waals surface area (Å²) < 4.78 is 31.8. The number of amides is 2. The highest BCUT2D eigenvalue weighted by Crippen LogP contribution is 2.25. The van der Waals surface area contributed by atoms with Crippen LogP contribution in [0.3, 0.4) is 0 Å². The standard InChI is InChI=1S/C28H41N3O5S/c1-20(2)18-29-28(33)23(5)30(19-24-12-14-25(36-6)15-13-24)27(32)9-8-16-31(37(7,34)35)26-17-21(3)10-11-22(26)4/h10-15,17,20,23H,8-9,16,18-19H2,1-7H3,(H,29,33). The predicted octanol–water partition coefficient (Wildman–Crippen LogP) is 4.05. The largest absolute Gasteiger partial charge is 0.497 e. The maximum atomic E-state index is 13.4. The summed E-state index contributed by atoms with van der Waals surface area (Å²) in [6.45, 7) is 10.5. The van der Waals surface area contributed by atoms with Crippen molar-refractivity contribution in [3.63, 3.8) is 0 Å². The van der Waals surface area contributed by atoms with Crippen LogP contribution in [-0.4, -0.2) is 57.6 Å². The molecule has 0 radical (unpaired) electrons. The van der Waals surface area contributed by atoms with E-state index in [9.17, 15) is 18.0 Å². The Morgan fingerprint density at radius 3 is 2.24 bits per heavy atom. The van der Waals surface area contributed by atoms with Crippen LogP contribution in [0.15, 0.2) is 42.5 Å². The van der Waals surface area contributed by atoms with Crippen molar-refractivity contribution >= 4 is 27.5 Å². The second kappa shape index (κ2) is 13.5. The van der Waals surface area contributed by atoms with E-state index in [1.165, 1.54) is 10.6 Å². The molecule has 8 nitrogen and oxygen atoms in total. The molecule has 2 aromatic carbocycles. The molecule has 1 atom stereocenters. The SMILES string of the molecule is COc1ccc(CN(C(=O)CCCN(c2cc(C)ccc2C)S(C)(=O)=O)C(C)C(=O)NCC(C)C)cc1. The molecule has 0 saturated carbocycles. The van der Waals surface area contributed by atoms with Crippen molar-refractivity contribution in [3.05, 3.63) is 59.2 Å². The topological polar surface area (TPSA) is 96.0 Å². The number of ether oxygens (including phenoxy) is 1. The number of methoxy groups -OCH3 is 1. The van der Waals surface area contributed by atoms with E-state index in [4.69, 9.17) is 4.74 Å². The molecule has 0 aliphatic rings. The molecular weight excluding hydrogens is 490 g/mol. The van der Waals surface area contributed by atoms with Crippen molar-refractivity contribution in [1.82, 2.24) is 10.2 Å². The fraction of sp³-hybridized carbons (Fsp3) is 0.500. The molecule has 0 aliphatic heterocycles. The molecular formula is C28H41N3O5S. The van der Waals surface area contributed by atoms with Crippen molar-refractivity contribution < 1.29 is 22.7 Å². The Kier molecular flexibility index (Phi) is 11.0. The molecule has 0 fully saturated rings. The zero-order valence-electron chi connectivity index (χ0n) is 23.1. The molecule has 9 heteroatoms. The van der Waals surface area contributed by atoms with E-state index in [1.807, 2.05) is 70.2 Å². The number of hydrogen-bond donors (Lipinski definition) is 1. The Bertz CT molecular complexity index is 1160. The van der Waals surface area contributed by atoms with Gasteiger partial charge in [-0.15, -0.1) is 0 Å². The van der Waals surface area contributed by atoms with Crippen LogP contribution in [0.5, 0.6) is 5.75 Å². The van der Waals surface area contributed by atoms with Gasteiger partial charge in [-0.05, 0) is 68.0 Å². The van der Waals surface area contributed by atoms with Crippen LogP contribution in [0, 0.1) is 19.8 Å². The summed E-state index contributed by atoms with van der Waals surface area (Å²) in [6.07, 6.45) is 1.60. The number of nitrogens with zero attached hydrogens (tertiary/aromatic N) is 2. The van der Waals surface area contributed by atoms with Crippen molar-refractivity contribution in [2.24, 2.45) is 5.92 Å². The van der Waals surface area contributed by atoms with Crippen LogP contribution in [0.4, 0.5) is 5.69 Å². The molecule has 2 aromatic rings. The minimum Gasteiger partial charge on any atom is -0.497 e. The third kappa shape index (κ3) is 9.07. The first-order valence-electron chi connectivity index (χ1n) is 12.6. The third-order valence-electron chi connectivity index (χ3n) is 6.15. The molecule has 1 N–H and O–H groups in total. The van der Waals surface area contributed by atoms with E-state index < -0.39 is 16.1 Å². The summed E-state index contributed by atoms with van der Waals surface area (Å²) in [5.41, 5.74) is 3.29. The highest BCUT2D eigenvalue weighted by molar-refractivity contribution is 7.92. The van der Waals surface area contributed by atoms with Crippen molar-refractivity contribution in [2.75, 3.05) is 30.8 Å². The van der Waals surface area contributed by atoms with Gasteiger partial charge in [0.05, 0.1) is 19.1 Å². The monoisotopic (exact) mass is 531 g/mol. The molecule has 0 bridgehead atoms. The van der Waals surface area contributed by atoms with Crippen molar-refractivity contribution in [2.45, 2.75) is 60.0 Å². The predicted molar refractivity (Wildman–Crippen MR) is 148 cm³/mol. The number of carbonyl (C=O) groups is 2. The summed E-state index contributed by atoms with van der Waals surface area (Å²) in [7, 11) is -1.96. The van der Waals surface area contributed by atoms with Gasteiger partial charge in [0, 0.05) is 26.1 Å². The lowest BCUT2D eigenvalue weighted by molar-refractivity contribution is -0.140. The Balaban J connectivity index is 2.20. The summed E-state index contributed by atoms with van der Waals surface area (Å²) >= 11 is 0. The number of sulfonamides is 1. The van der Waals surface area contributed by atoms with E-state index in [2.05, 4.69) is 5.32 Å². The maximum Gasteiger partial charge on any atom is 0.242 e. The van der Waals surface area contributed by atoms with Gasteiger partial charge >= 0.3 is 0 Å². The second-order valence-electron chi connectivity index (χ2n) is 9.91. The number of anilines is 1. The molecule has 0 aliphatic carbocycles. The average Bonchev–Trinajstić information content (AvgIpc) is 2.84. The van der Waals surface area contributed by atoms with Crippen LogP contribution in [0.1, 0.15) is 50.3 Å². The van der Waals surface area contributed by atoms with E-state index >= 15 is 0 Å². The fourth-order valence-corrected chi connectivity index (χ4v) is 4.95. The number of carbonyl (C=O) groups excluding carboxylic acids is 2. The van der Waals surface area contributed by atoms with Gasteiger partial charge in [0.2, 0.25) is 21.8 Å². The third-order valence-corrected chi connectivity index (χ3v) is 7.33. The van der Waals surface area contributed by atoms with Gasteiger partial charge in [-0.1, -0.05) is 38.1 Å². The van der Waals surface area contributed by atoms with Gasteiger partial charge in [0.25, 0.3) is 0 Å². The lowest BCUT2D eigenvalue weighted by atomic mass is 10.1. The molecule has 1 unspecified atom stereocenters. The number of benzene rings is 2. The first kappa shape index (κ1) is 30.2. The molecule has 0 heterocycles. The number of rotatable bonds is 13. The van der Waals surface area contributed by atoms with Gasteiger partial charge in [0.15, 0.2) is 0 Å². The Hall–Kier alpha value is -3.07. The lowest BCUT2D eigenvalue weighted by Gasteiger charge is -2.30. The Labute approximate surface area is 222 Å². The molecule has 0 aromatic heterocycles. The molecule has 37 heavy (non-hydrogen) atoms. The minimum absolute atomic E-state index is 0.106. The number of nitrogens with one attached hydrogen (secondary N) is 1. The van der Waals surface area contributed by atoms with Crippen molar-refractivity contribution in [3.8, 4) is 5.75 Å². The second-order valence-corrected chi connectivity index (χ2v) is 11.8. The molecule has 2 amide bonds. The van der Waals surface area contributed by atoms with Crippen LogP contribution in [-0.2, 0) is 26.2 Å². The average molecular weight is 532 g/mol. The first-order valence-corrected chi connectivity index (χ1v) is 14.4. The zero-order chi connectivity index (χ0) is 27.8. The zero-order valence-corrected chi connectivity index (χ0v) is 23.9. The van der Waals surface area contributed by atoms with E-state index in [-0.39, 0.29) is 37.2 Å². The van der Waals surface area contributed by atoms with Gasteiger partial charge < -0.3 is 15.0 Å². The molecule has 2 rings (SSSR count). The van der Waals surface area contributed by atoms with E-state index in [1.54, 1.807) is 18.9 Å². The summed E-state index contributed by atoms with van der Waals surface area (Å²) in [4.78, 5) is 27.8. The maximum absolute atomic E-state index is 13.4. The molecule has 0 saturated heterocycles. The number of aryl methyl sites for hydroxylation is 2. The minimum atomic E-state index is -3.54.